The first-order valence-electron chi connectivity index (χ1n) is 5.26. The summed E-state index contributed by atoms with van der Waals surface area (Å²) in [6.07, 6.45) is 4.69. The maximum atomic E-state index is 5.39. The van der Waals surface area contributed by atoms with Gasteiger partial charge in [0.25, 0.3) is 0 Å². The van der Waals surface area contributed by atoms with Gasteiger partial charge in [0.15, 0.2) is 0 Å². The highest BCUT2D eigenvalue weighted by molar-refractivity contribution is 4.53. The van der Waals surface area contributed by atoms with Gasteiger partial charge in [0.2, 0.25) is 0 Å². The molecule has 2 atom stereocenters. The Morgan fingerprint density at radius 3 is 2.38 bits per heavy atom. The minimum atomic E-state index is -0.00400. The number of rotatable bonds is 8. The van der Waals surface area contributed by atoms with E-state index in [1.165, 1.54) is 12.8 Å². The molecule has 0 amide bonds. The van der Waals surface area contributed by atoms with Gasteiger partial charge in [-0.05, 0) is 19.8 Å². The van der Waals surface area contributed by atoms with Crippen molar-refractivity contribution in [2.45, 2.75) is 58.7 Å². The zero-order chi connectivity index (χ0) is 10.1. The van der Waals surface area contributed by atoms with Crippen LogP contribution in [0.1, 0.15) is 46.5 Å². The molecule has 0 aliphatic carbocycles. The Hall–Kier alpha value is -0.120. The normalized spacial score (nSPS) is 15.7. The summed E-state index contributed by atoms with van der Waals surface area (Å²) in [5.41, 5.74) is 5.39. The van der Waals surface area contributed by atoms with E-state index >= 15 is 0 Å². The van der Waals surface area contributed by atoms with E-state index in [1.807, 2.05) is 6.92 Å². The third-order valence-corrected chi connectivity index (χ3v) is 2.02. The standard InChI is InChI=1S/C10H23NO2/c1-4-6-7-10(5-2)13-12-9(3)8-11/h9-10H,4-8,11H2,1-3H3. The first-order valence-corrected chi connectivity index (χ1v) is 5.26. The van der Waals surface area contributed by atoms with Crippen molar-refractivity contribution < 1.29 is 9.78 Å². The van der Waals surface area contributed by atoms with Gasteiger partial charge in [0, 0.05) is 6.54 Å². The average Bonchev–Trinajstić information content (AvgIpc) is 2.17. The summed E-state index contributed by atoms with van der Waals surface area (Å²) >= 11 is 0. The average molecular weight is 189 g/mol. The summed E-state index contributed by atoms with van der Waals surface area (Å²) < 4.78 is 0. The van der Waals surface area contributed by atoms with E-state index in [-0.39, 0.29) is 12.2 Å². The van der Waals surface area contributed by atoms with Crippen molar-refractivity contribution in [3.8, 4) is 0 Å². The van der Waals surface area contributed by atoms with Crippen LogP contribution in [0.4, 0.5) is 0 Å². The van der Waals surface area contributed by atoms with Gasteiger partial charge in [-0.2, -0.15) is 0 Å². The molecule has 0 bridgehead atoms. The third-order valence-electron chi connectivity index (χ3n) is 2.02. The van der Waals surface area contributed by atoms with Gasteiger partial charge in [-0.25, -0.2) is 9.78 Å². The Bertz CT molecular complexity index is 109. The lowest BCUT2D eigenvalue weighted by atomic mass is 10.1. The van der Waals surface area contributed by atoms with Gasteiger partial charge >= 0.3 is 0 Å². The molecule has 80 valence electrons. The highest BCUT2D eigenvalue weighted by Crippen LogP contribution is 2.09. The molecule has 0 aromatic rings. The molecule has 0 spiro atoms. The summed E-state index contributed by atoms with van der Waals surface area (Å²) in [6.45, 7) is 6.70. The third kappa shape index (κ3) is 6.99. The second-order valence-electron chi connectivity index (χ2n) is 3.41. The van der Waals surface area contributed by atoms with Gasteiger partial charge in [0.05, 0.1) is 6.10 Å². The van der Waals surface area contributed by atoms with Crippen LogP contribution in [0.3, 0.4) is 0 Å². The zero-order valence-corrected chi connectivity index (χ0v) is 9.08. The van der Waals surface area contributed by atoms with E-state index in [2.05, 4.69) is 13.8 Å². The van der Waals surface area contributed by atoms with Crippen molar-refractivity contribution >= 4 is 0 Å². The summed E-state index contributed by atoms with van der Waals surface area (Å²) in [5.74, 6) is 0. The highest BCUT2D eigenvalue weighted by Gasteiger charge is 2.08. The SMILES string of the molecule is CCCCC(CC)OOC(C)CN. The molecule has 0 saturated heterocycles. The minimum Gasteiger partial charge on any atom is -0.328 e. The first-order chi connectivity index (χ1) is 6.24. The molecule has 13 heavy (non-hydrogen) atoms. The molecule has 0 radical (unpaired) electrons. The second kappa shape index (κ2) is 8.48. The number of unbranched alkanes of at least 4 members (excludes halogenated alkanes) is 1. The quantitative estimate of drug-likeness (QED) is 0.470. The van der Waals surface area contributed by atoms with Crippen LogP contribution in [0.25, 0.3) is 0 Å². The topological polar surface area (TPSA) is 44.5 Å². The largest absolute Gasteiger partial charge is 0.328 e. The molecule has 2 unspecified atom stereocenters. The van der Waals surface area contributed by atoms with Crippen molar-refractivity contribution in [1.29, 1.82) is 0 Å². The molecular weight excluding hydrogens is 166 g/mol. The molecule has 0 aromatic heterocycles. The van der Waals surface area contributed by atoms with Crippen LogP contribution in [0.2, 0.25) is 0 Å². The van der Waals surface area contributed by atoms with Gasteiger partial charge in [0.1, 0.15) is 6.10 Å². The molecule has 3 nitrogen and oxygen atoms in total. The minimum absolute atomic E-state index is 0.00400. The summed E-state index contributed by atoms with van der Waals surface area (Å²) in [4.78, 5) is 10.4. The maximum Gasteiger partial charge on any atom is 0.102 e. The van der Waals surface area contributed by atoms with Gasteiger partial charge in [-0.1, -0.05) is 26.7 Å². The van der Waals surface area contributed by atoms with E-state index in [4.69, 9.17) is 15.5 Å². The monoisotopic (exact) mass is 189 g/mol. The van der Waals surface area contributed by atoms with Gasteiger partial charge in [-0.3, -0.25) is 0 Å². The second-order valence-corrected chi connectivity index (χ2v) is 3.41. The molecule has 2 N–H and O–H groups in total. The van der Waals surface area contributed by atoms with E-state index in [0.29, 0.717) is 6.54 Å². The Labute approximate surface area is 81.5 Å². The lowest BCUT2D eigenvalue weighted by Gasteiger charge is -2.17. The fourth-order valence-corrected chi connectivity index (χ4v) is 0.965. The van der Waals surface area contributed by atoms with E-state index < -0.39 is 0 Å². The van der Waals surface area contributed by atoms with Crippen LogP contribution >= 0.6 is 0 Å². The van der Waals surface area contributed by atoms with Crippen LogP contribution in [-0.2, 0) is 9.78 Å². The molecule has 0 heterocycles. The molecule has 0 fully saturated rings. The maximum absolute atomic E-state index is 5.39. The first kappa shape index (κ1) is 12.9. The van der Waals surface area contributed by atoms with Crippen LogP contribution in [0.15, 0.2) is 0 Å². The molecule has 0 rings (SSSR count). The fourth-order valence-electron chi connectivity index (χ4n) is 0.965. The number of nitrogens with two attached hydrogens (primary N) is 1. The number of hydrogen-bond donors (Lipinski definition) is 1. The van der Waals surface area contributed by atoms with Crippen LogP contribution in [-0.4, -0.2) is 18.8 Å². The van der Waals surface area contributed by atoms with Crippen molar-refractivity contribution in [3.63, 3.8) is 0 Å². The van der Waals surface area contributed by atoms with Crippen LogP contribution in [0.5, 0.6) is 0 Å². The van der Waals surface area contributed by atoms with E-state index in [1.54, 1.807) is 0 Å². The summed E-state index contributed by atoms with van der Waals surface area (Å²) in [5, 5.41) is 0. The van der Waals surface area contributed by atoms with Crippen molar-refractivity contribution in [2.75, 3.05) is 6.54 Å². The molecule has 0 saturated carbocycles. The van der Waals surface area contributed by atoms with Gasteiger partial charge < -0.3 is 5.73 Å². The highest BCUT2D eigenvalue weighted by atomic mass is 17.2. The van der Waals surface area contributed by atoms with E-state index in [9.17, 15) is 0 Å². The lowest BCUT2D eigenvalue weighted by molar-refractivity contribution is -0.347. The van der Waals surface area contributed by atoms with Crippen molar-refractivity contribution in [3.05, 3.63) is 0 Å². The Kier molecular flexibility index (Phi) is 8.40. The smallest absolute Gasteiger partial charge is 0.102 e. The molecule has 0 aliphatic heterocycles. The molecule has 0 aliphatic rings. The summed E-state index contributed by atoms with van der Waals surface area (Å²) in [6, 6.07) is 0. The summed E-state index contributed by atoms with van der Waals surface area (Å²) in [7, 11) is 0. The predicted molar refractivity (Wildman–Crippen MR) is 54.3 cm³/mol. The fraction of sp³-hybridized carbons (Fsp3) is 1.00. The molecular formula is C10H23NO2. The number of hydrogen-bond acceptors (Lipinski definition) is 3. The molecule has 0 aromatic carbocycles. The van der Waals surface area contributed by atoms with E-state index in [0.717, 1.165) is 12.8 Å². The van der Waals surface area contributed by atoms with Crippen molar-refractivity contribution in [1.82, 2.24) is 0 Å². The Morgan fingerprint density at radius 1 is 1.23 bits per heavy atom. The Morgan fingerprint density at radius 2 is 1.92 bits per heavy atom. The van der Waals surface area contributed by atoms with Crippen LogP contribution < -0.4 is 5.73 Å². The van der Waals surface area contributed by atoms with Crippen molar-refractivity contribution in [2.24, 2.45) is 5.73 Å². The zero-order valence-electron chi connectivity index (χ0n) is 9.08. The lowest BCUT2D eigenvalue weighted by Crippen LogP contribution is -2.23. The molecule has 3 heteroatoms. The van der Waals surface area contributed by atoms with Gasteiger partial charge in [-0.15, -0.1) is 0 Å². The predicted octanol–water partition coefficient (Wildman–Crippen LogP) is 2.25. The Balaban J connectivity index is 3.46. The van der Waals surface area contributed by atoms with Crippen LogP contribution in [0, 0.1) is 0 Å².